The quantitative estimate of drug-likeness (QED) is 0.929. The molecular weight excluding hydrogens is 296 g/mol. The normalized spacial score (nSPS) is 25.2. The Morgan fingerprint density at radius 2 is 1.91 bits per heavy atom. The average Bonchev–Trinajstić information content (AvgIpc) is 3.23. The maximum absolute atomic E-state index is 13.0. The van der Waals surface area contributed by atoms with E-state index < -0.39 is 0 Å². The van der Waals surface area contributed by atoms with Crippen LogP contribution < -0.4 is 5.73 Å². The molecule has 1 saturated carbocycles. The van der Waals surface area contributed by atoms with Crippen LogP contribution in [0.15, 0.2) is 30.3 Å². The molecule has 1 aromatic carbocycles. The summed E-state index contributed by atoms with van der Waals surface area (Å²) < 4.78 is 0. The fourth-order valence-electron chi connectivity index (χ4n) is 3.49. The third-order valence-corrected chi connectivity index (χ3v) is 5.29. The van der Waals surface area contributed by atoms with Crippen LogP contribution in [0.25, 0.3) is 0 Å². The standard InChI is InChI=1S/C18H26N2O.ClH/c1-17(2)13-20(11-8-15(17)19)16(21)18(9-10-18)12-14-6-4-3-5-7-14;/h3-7,15H,8-13,19H2,1-2H3;1H. The molecule has 3 rings (SSSR count). The van der Waals surface area contributed by atoms with E-state index in [1.807, 2.05) is 6.07 Å². The van der Waals surface area contributed by atoms with Gasteiger partial charge in [-0.3, -0.25) is 4.79 Å². The molecule has 1 amide bonds. The highest BCUT2D eigenvalue weighted by molar-refractivity contribution is 5.86. The molecule has 0 bridgehead atoms. The van der Waals surface area contributed by atoms with Crippen molar-refractivity contribution in [1.82, 2.24) is 4.90 Å². The van der Waals surface area contributed by atoms with Crippen molar-refractivity contribution in [2.45, 2.75) is 45.6 Å². The number of hydrogen-bond acceptors (Lipinski definition) is 2. The van der Waals surface area contributed by atoms with Gasteiger partial charge in [0, 0.05) is 19.1 Å². The lowest BCUT2D eigenvalue weighted by molar-refractivity contribution is -0.140. The predicted molar refractivity (Wildman–Crippen MR) is 92.0 cm³/mol. The molecule has 2 N–H and O–H groups in total. The highest BCUT2D eigenvalue weighted by atomic mass is 35.5. The molecule has 2 fully saturated rings. The van der Waals surface area contributed by atoms with E-state index in [-0.39, 0.29) is 29.3 Å². The van der Waals surface area contributed by atoms with E-state index in [2.05, 4.69) is 43.0 Å². The number of likely N-dealkylation sites (tertiary alicyclic amines) is 1. The number of rotatable bonds is 3. The lowest BCUT2D eigenvalue weighted by Crippen LogP contribution is -2.55. The molecule has 22 heavy (non-hydrogen) atoms. The number of benzene rings is 1. The number of nitrogens with two attached hydrogens (primary N) is 1. The Balaban J connectivity index is 0.00000176. The SMILES string of the molecule is CC1(C)CN(C(=O)C2(Cc3ccccc3)CC2)CCC1N.Cl. The zero-order chi connectivity index (χ0) is 15.1. The molecule has 1 aliphatic heterocycles. The molecule has 2 aliphatic rings. The maximum atomic E-state index is 13.0. The van der Waals surface area contributed by atoms with Gasteiger partial charge in [-0.1, -0.05) is 44.2 Å². The topological polar surface area (TPSA) is 46.3 Å². The Hall–Kier alpha value is -1.06. The summed E-state index contributed by atoms with van der Waals surface area (Å²) in [5.41, 5.74) is 7.36. The van der Waals surface area contributed by atoms with Crippen LogP contribution in [0.3, 0.4) is 0 Å². The number of piperidine rings is 1. The van der Waals surface area contributed by atoms with Crippen LogP contribution in [-0.2, 0) is 11.2 Å². The van der Waals surface area contributed by atoms with E-state index >= 15 is 0 Å². The van der Waals surface area contributed by atoms with Crippen LogP contribution >= 0.6 is 12.4 Å². The predicted octanol–water partition coefficient (Wildman–Crippen LogP) is 3.02. The van der Waals surface area contributed by atoms with Crippen molar-refractivity contribution in [3.05, 3.63) is 35.9 Å². The molecule has 4 heteroatoms. The van der Waals surface area contributed by atoms with Crippen molar-refractivity contribution >= 4 is 18.3 Å². The number of nitrogens with zero attached hydrogens (tertiary/aromatic N) is 1. The first-order chi connectivity index (χ1) is 9.93. The summed E-state index contributed by atoms with van der Waals surface area (Å²) >= 11 is 0. The Labute approximate surface area is 139 Å². The van der Waals surface area contributed by atoms with E-state index in [4.69, 9.17) is 5.73 Å². The van der Waals surface area contributed by atoms with Gasteiger partial charge in [-0.15, -0.1) is 12.4 Å². The first kappa shape index (κ1) is 17.3. The maximum Gasteiger partial charge on any atom is 0.229 e. The summed E-state index contributed by atoms with van der Waals surface area (Å²) in [4.78, 5) is 15.0. The van der Waals surface area contributed by atoms with Crippen LogP contribution in [0.1, 0.15) is 38.7 Å². The molecule has 0 spiro atoms. The summed E-state index contributed by atoms with van der Waals surface area (Å²) in [5.74, 6) is 0.353. The first-order valence-electron chi connectivity index (χ1n) is 8.02. The van der Waals surface area contributed by atoms with Crippen molar-refractivity contribution in [3.63, 3.8) is 0 Å². The van der Waals surface area contributed by atoms with Gasteiger partial charge in [-0.2, -0.15) is 0 Å². The largest absolute Gasteiger partial charge is 0.342 e. The third kappa shape index (κ3) is 3.31. The number of carbonyl (C=O) groups is 1. The van der Waals surface area contributed by atoms with Crippen molar-refractivity contribution in [2.24, 2.45) is 16.6 Å². The minimum absolute atomic E-state index is 0. The van der Waals surface area contributed by atoms with E-state index in [1.54, 1.807) is 0 Å². The zero-order valence-electron chi connectivity index (χ0n) is 13.5. The first-order valence-corrected chi connectivity index (χ1v) is 8.02. The molecule has 3 nitrogen and oxygen atoms in total. The highest BCUT2D eigenvalue weighted by Crippen LogP contribution is 2.50. The highest BCUT2D eigenvalue weighted by Gasteiger charge is 2.52. The summed E-state index contributed by atoms with van der Waals surface area (Å²) in [7, 11) is 0. The minimum atomic E-state index is -0.126. The average molecular weight is 323 g/mol. The molecular formula is C18H27ClN2O. The van der Waals surface area contributed by atoms with Crippen molar-refractivity contribution in [1.29, 1.82) is 0 Å². The van der Waals surface area contributed by atoms with Crippen LogP contribution in [0.2, 0.25) is 0 Å². The molecule has 1 atom stereocenters. The van der Waals surface area contributed by atoms with Crippen molar-refractivity contribution in [3.8, 4) is 0 Å². The van der Waals surface area contributed by atoms with Crippen molar-refractivity contribution < 1.29 is 4.79 Å². The second-order valence-electron chi connectivity index (χ2n) is 7.55. The number of carbonyl (C=O) groups excluding carboxylic acids is 1. The Morgan fingerprint density at radius 1 is 1.27 bits per heavy atom. The van der Waals surface area contributed by atoms with Gasteiger partial charge in [0.05, 0.1) is 5.41 Å². The molecule has 122 valence electrons. The lowest BCUT2D eigenvalue weighted by atomic mass is 9.79. The van der Waals surface area contributed by atoms with Gasteiger partial charge in [0.25, 0.3) is 0 Å². The van der Waals surface area contributed by atoms with E-state index in [9.17, 15) is 4.79 Å². The lowest BCUT2D eigenvalue weighted by Gasteiger charge is -2.43. The second kappa shape index (κ2) is 6.21. The van der Waals surface area contributed by atoms with Gasteiger partial charge in [0.15, 0.2) is 0 Å². The van der Waals surface area contributed by atoms with E-state index in [0.717, 1.165) is 38.8 Å². The summed E-state index contributed by atoms with van der Waals surface area (Å²) in [6, 6.07) is 10.6. The Bertz CT molecular complexity index is 525. The molecule has 1 heterocycles. The van der Waals surface area contributed by atoms with Gasteiger partial charge in [-0.05, 0) is 36.7 Å². The molecule has 1 aromatic rings. The second-order valence-corrected chi connectivity index (χ2v) is 7.55. The van der Waals surface area contributed by atoms with Crippen LogP contribution in [-0.4, -0.2) is 29.9 Å². The minimum Gasteiger partial charge on any atom is -0.342 e. The Kier molecular flexibility index (Phi) is 4.88. The van der Waals surface area contributed by atoms with Gasteiger partial charge in [0.1, 0.15) is 0 Å². The van der Waals surface area contributed by atoms with Gasteiger partial charge in [-0.25, -0.2) is 0 Å². The fourth-order valence-corrected chi connectivity index (χ4v) is 3.49. The third-order valence-electron chi connectivity index (χ3n) is 5.29. The molecule has 1 aliphatic carbocycles. The van der Waals surface area contributed by atoms with Crippen LogP contribution in [0.4, 0.5) is 0 Å². The number of halogens is 1. The Morgan fingerprint density at radius 3 is 2.45 bits per heavy atom. The monoisotopic (exact) mass is 322 g/mol. The summed E-state index contributed by atoms with van der Waals surface area (Å²) in [6.45, 7) is 5.96. The van der Waals surface area contributed by atoms with Crippen LogP contribution in [0.5, 0.6) is 0 Å². The van der Waals surface area contributed by atoms with Crippen molar-refractivity contribution in [2.75, 3.05) is 13.1 Å². The molecule has 0 radical (unpaired) electrons. The molecule has 1 unspecified atom stereocenters. The van der Waals surface area contributed by atoms with Gasteiger partial charge >= 0.3 is 0 Å². The molecule has 1 saturated heterocycles. The smallest absolute Gasteiger partial charge is 0.229 e. The zero-order valence-corrected chi connectivity index (χ0v) is 14.4. The van der Waals surface area contributed by atoms with E-state index in [0.29, 0.717) is 5.91 Å². The van der Waals surface area contributed by atoms with Gasteiger partial charge < -0.3 is 10.6 Å². The molecule has 0 aromatic heterocycles. The summed E-state index contributed by atoms with van der Waals surface area (Å²) in [6.07, 6.45) is 3.86. The van der Waals surface area contributed by atoms with E-state index in [1.165, 1.54) is 5.56 Å². The van der Waals surface area contributed by atoms with Gasteiger partial charge in [0.2, 0.25) is 5.91 Å². The number of amides is 1. The van der Waals surface area contributed by atoms with Crippen LogP contribution in [0, 0.1) is 10.8 Å². The summed E-state index contributed by atoms with van der Waals surface area (Å²) in [5, 5.41) is 0. The number of hydrogen-bond donors (Lipinski definition) is 1. The fraction of sp³-hybridized carbons (Fsp3) is 0.611.